The summed E-state index contributed by atoms with van der Waals surface area (Å²) in [6.07, 6.45) is 3.84. The van der Waals surface area contributed by atoms with Gasteiger partial charge in [0, 0.05) is 18.0 Å². The van der Waals surface area contributed by atoms with Crippen molar-refractivity contribution in [2.45, 2.75) is 13.1 Å². The summed E-state index contributed by atoms with van der Waals surface area (Å²) in [6, 6.07) is 0. The number of nitrogens with one attached hydrogen (secondary N) is 1. The number of carbonyl (C=O) groups is 1. The molecule has 4 nitrogen and oxygen atoms in total. The van der Waals surface area contributed by atoms with Gasteiger partial charge < -0.3 is 10.4 Å². The minimum Gasteiger partial charge on any atom is -0.508 e. The second-order valence-electron chi connectivity index (χ2n) is 3.20. The Morgan fingerprint density at radius 2 is 2.29 bits per heavy atom. The van der Waals surface area contributed by atoms with Crippen molar-refractivity contribution in [2.75, 3.05) is 0 Å². The molecule has 2 heterocycles. The summed E-state index contributed by atoms with van der Waals surface area (Å²) < 4.78 is 0. The lowest BCUT2D eigenvalue weighted by molar-refractivity contribution is -0.126. The van der Waals surface area contributed by atoms with Crippen LogP contribution in [0.2, 0.25) is 0 Å². The van der Waals surface area contributed by atoms with Crippen LogP contribution in [0, 0.1) is 0 Å². The van der Waals surface area contributed by atoms with Gasteiger partial charge in [0.1, 0.15) is 5.76 Å². The van der Waals surface area contributed by atoms with Gasteiger partial charge in [0.05, 0.1) is 5.03 Å². The number of aliphatic hydroxyl groups is 1. The second-order valence-corrected chi connectivity index (χ2v) is 3.64. The number of halogens is 1. The van der Waals surface area contributed by atoms with E-state index in [1.54, 1.807) is 6.92 Å². The molecule has 0 aliphatic carbocycles. The van der Waals surface area contributed by atoms with E-state index in [4.69, 9.17) is 11.6 Å². The van der Waals surface area contributed by atoms with Crippen LogP contribution in [0.25, 0.3) is 0 Å². The molecular weight excluding hydrogens is 204 g/mol. The zero-order chi connectivity index (χ0) is 10.3. The summed E-state index contributed by atoms with van der Waals surface area (Å²) in [5.41, 5.74) is 0.725. The molecule has 0 aromatic rings. The molecule has 5 heteroatoms. The van der Waals surface area contributed by atoms with E-state index < -0.39 is 6.17 Å². The fraction of sp³-hybridized carbons (Fsp3) is 0.222. The third-order valence-electron chi connectivity index (χ3n) is 2.07. The molecular formula is C9H9ClN2O2. The van der Waals surface area contributed by atoms with Gasteiger partial charge in [0.2, 0.25) is 0 Å². The van der Waals surface area contributed by atoms with Crippen molar-refractivity contribution in [1.82, 2.24) is 10.2 Å². The lowest BCUT2D eigenvalue weighted by Crippen LogP contribution is -2.50. The second kappa shape index (κ2) is 3.06. The molecule has 0 saturated carbocycles. The Kier molecular flexibility index (Phi) is 2.00. The first-order valence-electron chi connectivity index (χ1n) is 4.13. The Balaban J connectivity index is 2.40. The van der Waals surface area contributed by atoms with E-state index in [-0.39, 0.29) is 11.7 Å². The molecule has 14 heavy (non-hydrogen) atoms. The Morgan fingerprint density at radius 1 is 1.57 bits per heavy atom. The highest BCUT2D eigenvalue weighted by molar-refractivity contribution is 6.31. The lowest BCUT2D eigenvalue weighted by Gasteiger charge is -2.34. The first-order valence-corrected chi connectivity index (χ1v) is 4.51. The van der Waals surface area contributed by atoms with E-state index in [9.17, 15) is 9.90 Å². The SMILES string of the molecule is CC1=CC(=O)N2C=C(Cl)C=C(O)C2N1. The maximum Gasteiger partial charge on any atom is 0.254 e. The summed E-state index contributed by atoms with van der Waals surface area (Å²) >= 11 is 5.72. The van der Waals surface area contributed by atoms with Crippen LogP contribution >= 0.6 is 11.6 Å². The van der Waals surface area contributed by atoms with Crippen molar-refractivity contribution in [2.24, 2.45) is 0 Å². The number of nitrogens with zero attached hydrogens (tertiary/aromatic N) is 1. The minimum atomic E-state index is -0.519. The van der Waals surface area contributed by atoms with Gasteiger partial charge in [0.25, 0.3) is 5.91 Å². The molecule has 1 atom stereocenters. The van der Waals surface area contributed by atoms with Gasteiger partial charge in [-0.1, -0.05) is 11.6 Å². The molecule has 1 amide bonds. The smallest absolute Gasteiger partial charge is 0.254 e. The molecule has 74 valence electrons. The fourth-order valence-electron chi connectivity index (χ4n) is 1.46. The van der Waals surface area contributed by atoms with Crippen molar-refractivity contribution < 1.29 is 9.90 Å². The van der Waals surface area contributed by atoms with Crippen molar-refractivity contribution in [3.05, 3.63) is 34.8 Å². The average Bonchev–Trinajstić information content (AvgIpc) is 2.07. The monoisotopic (exact) mass is 212 g/mol. The van der Waals surface area contributed by atoms with Crippen LogP contribution in [0.1, 0.15) is 6.92 Å². The van der Waals surface area contributed by atoms with Gasteiger partial charge in [-0.3, -0.25) is 9.69 Å². The average molecular weight is 213 g/mol. The number of fused-ring (bicyclic) bond motifs is 1. The lowest BCUT2D eigenvalue weighted by atomic mass is 10.2. The van der Waals surface area contributed by atoms with Crippen LogP contribution in [-0.4, -0.2) is 22.1 Å². The third kappa shape index (κ3) is 1.37. The first kappa shape index (κ1) is 9.15. The van der Waals surface area contributed by atoms with Crippen molar-refractivity contribution >= 4 is 17.5 Å². The predicted molar refractivity (Wildman–Crippen MR) is 52.2 cm³/mol. The fourth-order valence-corrected chi connectivity index (χ4v) is 1.68. The highest BCUT2D eigenvalue weighted by Crippen LogP contribution is 2.23. The molecule has 2 N–H and O–H groups in total. The quantitative estimate of drug-likeness (QED) is 0.634. The van der Waals surface area contributed by atoms with E-state index in [1.807, 2.05) is 0 Å². The largest absolute Gasteiger partial charge is 0.508 e. The van der Waals surface area contributed by atoms with Crippen LogP contribution in [-0.2, 0) is 4.79 Å². The van der Waals surface area contributed by atoms with Crippen molar-refractivity contribution in [1.29, 1.82) is 0 Å². The van der Waals surface area contributed by atoms with Crippen LogP contribution in [0.15, 0.2) is 34.8 Å². The van der Waals surface area contributed by atoms with Crippen LogP contribution in [0.4, 0.5) is 0 Å². The zero-order valence-corrected chi connectivity index (χ0v) is 8.25. The van der Waals surface area contributed by atoms with E-state index in [1.165, 1.54) is 23.3 Å². The van der Waals surface area contributed by atoms with Crippen molar-refractivity contribution in [3.63, 3.8) is 0 Å². The number of hydrogen-bond acceptors (Lipinski definition) is 3. The normalized spacial score (nSPS) is 25.9. The van der Waals surface area contributed by atoms with E-state index in [0.717, 1.165) is 5.70 Å². The van der Waals surface area contributed by atoms with E-state index in [0.29, 0.717) is 5.03 Å². The third-order valence-corrected chi connectivity index (χ3v) is 2.27. The Bertz CT molecular complexity index is 384. The number of allylic oxidation sites excluding steroid dienone is 3. The molecule has 0 fully saturated rings. The number of carbonyl (C=O) groups excluding carboxylic acids is 1. The Labute approximate surface area is 86.1 Å². The molecule has 0 aromatic carbocycles. The summed E-state index contributed by atoms with van der Waals surface area (Å²) in [5.74, 6) is -0.151. The van der Waals surface area contributed by atoms with Gasteiger partial charge in [-0.2, -0.15) is 0 Å². The number of hydrogen-bond donors (Lipinski definition) is 2. The first-order chi connectivity index (χ1) is 6.58. The predicted octanol–water partition coefficient (Wildman–Crippen LogP) is 1.18. The standard InChI is InChI=1S/C9H9ClN2O2/c1-5-2-8(14)12-4-6(10)3-7(13)9(12)11-5/h2-4,9,11,13H,1H3. The summed E-state index contributed by atoms with van der Waals surface area (Å²) in [4.78, 5) is 12.8. The Hall–Kier alpha value is -1.42. The van der Waals surface area contributed by atoms with Crippen LogP contribution < -0.4 is 5.32 Å². The molecule has 0 spiro atoms. The van der Waals surface area contributed by atoms with Gasteiger partial charge in [-0.25, -0.2) is 0 Å². The van der Waals surface area contributed by atoms with Gasteiger partial charge in [0.15, 0.2) is 6.17 Å². The summed E-state index contributed by atoms with van der Waals surface area (Å²) in [5, 5.41) is 12.9. The summed E-state index contributed by atoms with van der Waals surface area (Å²) in [7, 11) is 0. The zero-order valence-electron chi connectivity index (χ0n) is 7.49. The highest BCUT2D eigenvalue weighted by atomic mass is 35.5. The molecule has 2 rings (SSSR count). The topological polar surface area (TPSA) is 52.6 Å². The van der Waals surface area contributed by atoms with Gasteiger partial charge in [-0.15, -0.1) is 0 Å². The van der Waals surface area contributed by atoms with Crippen molar-refractivity contribution in [3.8, 4) is 0 Å². The molecule has 0 bridgehead atoms. The molecule has 0 saturated heterocycles. The number of rotatable bonds is 0. The van der Waals surface area contributed by atoms with Crippen LogP contribution in [0.3, 0.4) is 0 Å². The summed E-state index contributed by atoms with van der Waals surface area (Å²) in [6.45, 7) is 1.77. The van der Waals surface area contributed by atoms with Crippen LogP contribution in [0.5, 0.6) is 0 Å². The highest BCUT2D eigenvalue weighted by Gasteiger charge is 2.30. The molecule has 2 aliphatic heterocycles. The molecule has 0 aromatic heterocycles. The van der Waals surface area contributed by atoms with E-state index in [2.05, 4.69) is 5.32 Å². The van der Waals surface area contributed by atoms with Gasteiger partial charge >= 0.3 is 0 Å². The number of aliphatic hydroxyl groups excluding tert-OH is 1. The molecule has 1 unspecified atom stereocenters. The Morgan fingerprint density at radius 3 is 3.00 bits per heavy atom. The van der Waals surface area contributed by atoms with Gasteiger partial charge in [-0.05, 0) is 13.0 Å². The number of amides is 1. The molecule has 0 radical (unpaired) electrons. The molecule has 2 aliphatic rings. The van der Waals surface area contributed by atoms with E-state index >= 15 is 0 Å². The maximum absolute atomic E-state index is 11.5. The maximum atomic E-state index is 11.5. The minimum absolute atomic E-state index is 0.0401.